The highest BCUT2D eigenvalue weighted by Crippen LogP contribution is 2.48. The summed E-state index contributed by atoms with van der Waals surface area (Å²) in [6.07, 6.45) is 5.17. The highest BCUT2D eigenvalue weighted by molar-refractivity contribution is 6.06. The Kier molecular flexibility index (Phi) is 13.0. The molecule has 0 aliphatic carbocycles. The van der Waals surface area contributed by atoms with Crippen molar-refractivity contribution < 1.29 is 19.6 Å². The number of carbonyl (C=O) groups excluding carboxylic acids is 3. The van der Waals surface area contributed by atoms with Gasteiger partial charge in [-0.15, -0.1) is 0 Å². The number of Topliss-reactive ketones (excluding diaryl/α,β-unsaturated/α-hetero) is 1. The Morgan fingerprint density at radius 1 is 1.06 bits per heavy atom. The van der Waals surface area contributed by atoms with Crippen LogP contribution in [0.4, 0.5) is 0 Å². The van der Waals surface area contributed by atoms with Gasteiger partial charge in [-0.1, -0.05) is 63.9 Å². The van der Waals surface area contributed by atoms with Crippen LogP contribution in [0, 0.1) is 16.7 Å². The van der Waals surface area contributed by atoms with E-state index >= 15 is 0 Å². The molecule has 0 spiro atoms. The van der Waals surface area contributed by atoms with Gasteiger partial charge in [-0.05, 0) is 62.5 Å². The molecule has 3 atom stereocenters. The van der Waals surface area contributed by atoms with Crippen LogP contribution in [0.3, 0.4) is 0 Å². The van der Waals surface area contributed by atoms with Crippen LogP contribution < -0.4 is 22.5 Å². The fraction of sp³-hybridized carbons (Fsp3) is 0.654. The number of hydrazine groups is 1. The molecule has 0 radical (unpaired) electrons. The van der Waals surface area contributed by atoms with E-state index < -0.39 is 28.6 Å². The summed E-state index contributed by atoms with van der Waals surface area (Å²) in [4.78, 5) is 39.5. The summed E-state index contributed by atoms with van der Waals surface area (Å²) in [5, 5.41) is 9.56. The first-order valence-corrected chi connectivity index (χ1v) is 12.5. The normalized spacial score (nSPS) is 15.6. The van der Waals surface area contributed by atoms with Crippen molar-refractivity contribution in [3.05, 3.63) is 35.9 Å². The smallest absolute Gasteiger partial charge is 0.247 e. The maximum Gasteiger partial charge on any atom is 0.247 e. The molecule has 7 N–H and O–H groups in total. The van der Waals surface area contributed by atoms with E-state index in [-0.39, 0.29) is 18.6 Å². The highest BCUT2D eigenvalue weighted by Gasteiger charge is 2.51. The van der Waals surface area contributed by atoms with Gasteiger partial charge < -0.3 is 5.73 Å². The first kappa shape index (κ1) is 29.7. The van der Waals surface area contributed by atoms with Crippen molar-refractivity contribution in [3.63, 3.8) is 0 Å². The molecule has 0 aliphatic heterocycles. The highest BCUT2D eigenvalue weighted by atomic mass is 16.5. The summed E-state index contributed by atoms with van der Waals surface area (Å²) >= 11 is 0. The average Bonchev–Trinajstić information content (AvgIpc) is 2.84. The number of benzene rings is 1. The van der Waals surface area contributed by atoms with E-state index in [2.05, 4.69) is 5.43 Å². The molecule has 0 aromatic heterocycles. The molecule has 1 rings (SSSR count). The van der Waals surface area contributed by atoms with E-state index in [9.17, 15) is 19.6 Å². The summed E-state index contributed by atoms with van der Waals surface area (Å²) in [6, 6.07) is 10.00. The monoisotopic (exact) mass is 476 g/mol. The average molecular weight is 477 g/mol. The minimum Gasteiger partial charge on any atom is -0.330 e. The number of hydrogen-bond acceptors (Lipinski definition) is 6. The molecule has 0 saturated heterocycles. The van der Waals surface area contributed by atoms with Crippen molar-refractivity contribution in [2.75, 3.05) is 6.54 Å². The lowest BCUT2D eigenvalue weighted by molar-refractivity contribution is -0.150. The van der Waals surface area contributed by atoms with Crippen LogP contribution in [-0.2, 0) is 20.8 Å². The third-order valence-electron chi connectivity index (χ3n) is 6.98. The van der Waals surface area contributed by atoms with Gasteiger partial charge in [0.05, 0.1) is 0 Å². The van der Waals surface area contributed by atoms with E-state index in [1.54, 1.807) is 0 Å². The zero-order chi connectivity index (χ0) is 25.6. The molecule has 1 aromatic carbocycles. The van der Waals surface area contributed by atoms with Gasteiger partial charge in [0.15, 0.2) is 0 Å². The summed E-state index contributed by atoms with van der Waals surface area (Å²) in [6.45, 7) is 6.23. The lowest BCUT2D eigenvalue weighted by atomic mass is 9.59. The second-order valence-electron chi connectivity index (χ2n) is 9.61. The molecule has 192 valence electrons. The molecule has 0 fully saturated rings. The zero-order valence-corrected chi connectivity index (χ0v) is 21.1. The third kappa shape index (κ3) is 7.89. The zero-order valence-electron chi connectivity index (χ0n) is 21.1. The number of carbonyl (C=O) groups is 3. The molecule has 0 aliphatic rings. The van der Waals surface area contributed by atoms with Gasteiger partial charge in [-0.2, -0.15) is 0 Å². The Morgan fingerprint density at radius 2 is 1.71 bits per heavy atom. The second kappa shape index (κ2) is 14.9. The minimum atomic E-state index is -1.35. The molecule has 8 nitrogen and oxygen atoms in total. The standard InChI is InChI=1S/C26H44N4O4/c1-4-16-25(3,19-26(17-5-2,24(33)29-28)22(31)15-10-18-27)21(23(32)30-34)14-9-13-20-11-7-6-8-12-20/h6-8,11-12,21,34H,4-5,9-10,13-19,27-28H2,1-3H3,(H,29,33)(H,30,32)/t21-,25+,26?/m1/s1. The lowest BCUT2D eigenvalue weighted by Crippen LogP contribution is -2.53. The van der Waals surface area contributed by atoms with Gasteiger partial charge in [-0.25, -0.2) is 11.3 Å². The number of hydrogen-bond donors (Lipinski definition) is 5. The van der Waals surface area contributed by atoms with Crippen LogP contribution in [0.5, 0.6) is 0 Å². The van der Waals surface area contributed by atoms with E-state index in [4.69, 9.17) is 11.6 Å². The Bertz CT molecular complexity index is 773. The first-order valence-electron chi connectivity index (χ1n) is 12.5. The molecular weight excluding hydrogens is 432 g/mol. The van der Waals surface area contributed by atoms with Crippen molar-refractivity contribution in [3.8, 4) is 0 Å². The molecule has 0 saturated carbocycles. The minimum absolute atomic E-state index is 0.178. The Labute approximate surface area is 204 Å². The summed E-state index contributed by atoms with van der Waals surface area (Å²) in [5.74, 6) is 3.77. The molecular formula is C26H44N4O4. The van der Waals surface area contributed by atoms with Crippen LogP contribution in [0.25, 0.3) is 0 Å². The van der Waals surface area contributed by atoms with E-state index in [0.29, 0.717) is 38.6 Å². The summed E-state index contributed by atoms with van der Waals surface area (Å²) < 4.78 is 0. The predicted molar refractivity (Wildman–Crippen MR) is 133 cm³/mol. The van der Waals surface area contributed by atoms with Gasteiger partial charge >= 0.3 is 0 Å². The molecule has 34 heavy (non-hydrogen) atoms. The number of rotatable bonds is 17. The first-order chi connectivity index (χ1) is 16.2. The lowest BCUT2D eigenvalue weighted by Gasteiger charge is -2.43. The summed E-state index contributed by atoms with van der Waals surface area (Å²) in [5.41, 5.74) is 8.79. The van der Waals surface area contributed by atoms with Crippen molar-refractivity contribution in [2.45, 2.75) is 85.0 Å². The van der Waals surface area contributed by atoms with Crippen molar-refractivity contribution in [1.82, 2.24) is 10.9 Å². The number of amides is 2. The van der Waals surface area contributed by atoms with Crippen LogP contribution in [-0.4, -0.2) is 29.3 Å². The number of aryl methyl sites for hydroxylation is 1. The summed E-state index contributed by atoms with van der Waals surface area (Å²) in [7, 11) is 0. The SMILES string of the molecule is CCCC(C[C@](C)(CCC)[C@H](CCCc1ccccc1)C(=O)NO)(C(=O)CCCN)C(=O)NN. The topological polar surface area (TPSA) is 148 Å². The van der Waals surface area contributed by atoms with Gasteiger partial charge in [0.1, 0.15) is 11.2 Å². The Morgan fingerprint density at radius 3 is 2.24 bits per heavy atom. The maximum absolute atomic E-state index is 13.4. The number of hydroxylamine groups is 1. The van der Waals surface area contributed by atoms with Gasteiger partial charge in [0.2, 0.25) is 11.8 Å². The van der Waals surface area contributed by atoms with Crippen molar-refractivity contribution >= 4 is 17.6 Å². The van der Waals surface area contributed by atoms with Gasteiger partial charge in [-0.3, -0.25) is 25.0 Å². The van der Waals surface area contributed by atoms with Gasteiger partial charge in [0.25, 0.3) is 0 Å². The van der Waals surface area contributed by atoms with Crippen molar-refractivity contribution in [1.29, 1.82) is 0 Å². The predicted octanol–water partition coefficient (Wildman–Crippen LogP) is 3.41. The molecule has 0 bridgehead atoms. The van der Waals surface area contributed by atoms with Gasteiger partial charge in [0, 0.05) is 12.3 Å². The molecule has 0 heterocycles. The molecule has 1 aromatic rings. The van der Waals surface area contributed by atoms with Crippen LogP contribution >= 0.6 is 0 Å². The molecule has 2 amide bonds. The Balaban J connectivity index is 3.35. The van der Waals surface area contributed by atoms with Crippen LogP contribution in [0.1, 0.15) is 84.1 Å². The number of nitrogens with two attached hydrogens (primary N) is 2. The van der Waals surface area contributed by atoms with Crippen LogP contribution in [0.15, 0.2) is 30.3 Å². The number of nitrogens with one attached hydrogen (secondary N) is 2. The van der Waals surface area contributed by atoms with Crippen molar-refractivity contribution in [2.24, 2.45) is 28.3 Å². The molecule has 8 heteroatoms. The fourth-order valence-corrected chi connectivity index (χ4v) is 5.39. The van der Waals surface area contributed by atoms with E-state index in [1.807, 2.05) is 56.6 Å². The fourth-order valence-electron chi connectivity index (χ4n) is 5.39. The largest absolute Gasteiger partial charge is 0.330 e. The molecule has 1 unspecified atom stereocenters. The quantitative estimate of drug-likeness (QED) is 0.0765. The Hall–Kier alpha value is -2.29. The van der Waals surface area contributed by atoms with Crippen LogP contribution in [0.2, 0.25) is 0 Å². The third-order valence-corrected chi connectivity index (χ3v) is 6.98. The van der Waals surface area contributed by atoms with E-state index in [1.165, 1.54) is 5.56 Å². The maximum atomic E-state index is 13.4. The second-order valence-corrected chi connectivity index (χ2v) is 9.61. The van der Waals surface area contributed by atoms with E-state index in [0.717, 1.165) is 19.3 Å². The number of ketones is 1.